The second-order valence-corrected chi connectivity index (χ2v) is 15.3. The van der Waals surface area contributed by atoms with Gasteiger partial charge in [-0.05, 0) is 30.3 Å². The Morgan fingerprint density at radius 2 is 1.89 bits per heavy atom. The van der Waals surface area contributed by atoms with Crippen molar-refractivity contribution in [1.29, 1.82) is 0 Å². The van der Waals surface area contributed by atoms with E-state index in [-0.39, 0.29) is 11.0 Å². The van der Waals surface area contributed by atoms with E-state index >= 15 is 0 Å². The van der Waals surface area contributed by atoms with E-state index in [4.69, 9.17) is 11.0 Å². The highest BCUT2D eigenvalue weighted by Gasteiger charge is 2.37. The van der Waals surface area contributed by atoms with E-state index in [1.807, 2.05) is 38.2 Å². The van der Waals surface area contributed by atoms with E-state index in [0.717, 1.165) is 20.9 Å². The fourth-order valence-electron chi connectivity index (χ4n) is 2.93. The Balaban J connectivity index is 2.34. The van der Waals surface area contributed by atoms with Crippen LogP contribution in [0.25, 0.3) is 15.7 Å². The maximum atomic E-state index is 13.9. The first-order valence-electron chi connectivity index (χ1n) is 9.70. The van der Waals surface area contributed by atoms with Crippen LogP contribution >= 0.6 is 15.9 Å². The Hall–Kier alpha value is -1.16. The number of hydrogen-bond acceptors (Lipinski definition) is 1. The van der Waals surface area contributed by atoms with Crippen LogP contribution in [-0.4, -0.2) is 26.2 Å². The third-order valence-corrected chi connectivity index (χ3v) is 10.9. The summed E-state index contributed by atoms with van der Waals surface area (Å²) in [5.41, 5.74) is 1.37. The minimum Gasteiger partial charge on any atom is -0.416 e. The molecule has 0 N–H and O–H groups in total. The van der Waals surface area contributed by atoms with E-state index < -0.39 is 20.5 Å². The molecule has 3 nitrogen and oxygen atoms in total. The minimum absolute atomic E-state index is 0.103. The average molecular weight is 467 g/mol. The van der Waals surface area contributed by atoms with Crippen molar-refractivity contribution in [2.24, 2.45) is 5.92 Å². The van der Waals surface area contributed by atoms with Crippen LogP contribution in [0.2, 0.25) is 18.1 Å². The molecule has 1 heterocycles. The van der Waals surface area contributed by atoms with Crippen LogP contribution in [0.1, 0.15) is 40.2 Å². The zero-order valence-corrected chi connectivity index (χ0v) is 20.7. The Kier molecular flexibility index (Phi) is 6.85. The van der Waals surface area contributed by atoms with E-state index in [2.05, 4.69) is 59.2 Å². The first kappa shape index (κ1) is 23.1. The summed E-state index contributed by atoms with van der Waals surface area (Å²) in [5, 5.41) is 1.15. The van der Waals surface area contributed by atoms with Crippen molar-refractivity contribution in [2.75, 3.05) is 13.3 Å². The Bertz CT molecular complexity index is 877. The molecule has 28 heavy (non-hydrogen) atoms. The lowest BCUT2D eigenvalue weighted by Crippen LogP contribution is -2.42. The molecule has 0 bridgehead atoms. The summed E-state index contributed by atoms with van der Waals surface area (Å²) in [6.07, 6.45) is 2.02. The van der Waals surface area contributed by atoms with Gasteiger partial charge in [0.25, 0.3) is 5.54 Å². The molecule has 0 amide bonds. The molecule has 1 aromatic carbocycles. The van der Waals surface area contributed by atoms with Gasteiger partial charge in [0.05, 0.1) is 12.2 Å². The summed E-state index contributed by atoms with van der Waals surface area (Å²) in [6.45, 7) is 22.9. The summed E-state index contributed by atoms with van der Waals surface area (Å²) in [5.74, 6) is -0.215. The topological polar surface area (TPSA) is 18.5 Å². The predicted molar refractivity (Wildman–Crippen MR) is 122 cm³/mol. The standard InChI is InChI=1S/C22H32BrFN2OSi/c1-21(2,3)28(7,8)27-15-16(12-24)13-26-14-19(22(4,5)25-6)18-10-9-17(23)11-20(18)26/h9-11,14,16H,12-13,15H2,1-5,7-8H3. The van der Waals surface area contributed by atoms with Crippen molar-refractivity contribution < 1.29 is 8.82 Å². The number of aromatic nitrogens is 1. The number of halogens is 2. The molecule has 1 unspecified atom stereocenters. The van der Waals surface area contributed by atoms with Crippen LogP contribution in [0.3, 0.4) is 0 Å². The molecule has 0 saturated heterocycles. The van der Waals surface area contributed by atoms with Gasteiger partial charge in [-0.1, -0.05) is 42.8 Å². The Labute approximate surface area is 178 Å². The van der Waals surface area contributed by atoms with Crippen molar-refractivity contribution in [3.63, 3.8) is 0 Å². The van der Waals surface area contributed by atoms with Gasteiger partial charge >= 0.3 is 0 Å². The number of nitrogens with zero attached hydrogens (tertiary/aromatic N) is 2. The minimum atomic E-state index is -1.92. The van der Waals surface area contributed by atoms with Gasteiger partial charge in [-0.15, -0.1) is 0 Å². The number of fused-ring (bicyclic) bond motifs is 1. The first-order valence-corrected chi connectivity index (χ1v) is 13.4. The molecule has 1 aromatic heterocycles. The average Bonchev–Trinajstić information content (AvgIpc) is 2.96. The molecule has 0 saturated carbocycles. The normalized spacial score (nSPS) is 14.3. The van der Waals surface area contributed by atoms with E-state index in [1.54, 1.807) is 0 Å². The Morgan fingerprint density at radius 3 is 2.43 bits per heavy atom. The number of rotatable bonds is 7. The molecule has 2 rings (SSSR count). The predicted octanol–water partition coefficient (Wildman–Crippen LogP) is 7.17. The second-order valence-electron chi connectivity index (χ2n) is 9.62. The van der Waals surface area contributed by atoms with Crippen molar-refractivity contribution in [3.8, 4) is 0 Å². The summed E-state index contributed by atoms with van der Waals surface area (Å²) in [7, 11) is -1.92. The van der Waals surface area contributed by atoms with Crippen molar-refractivity contribution in [2.45, 2.75) is 64.8 Å². The lowest BCUT2D eigenvalue weighted by atomic mass is 9.95. The van der Waals surface area contributed by atoms with Crippen molar-refractivity contribution >= 4 is 35.2 Å². The molecule has 0 aliphatic rings. The highest BCUT2D eigenvalue weighted by atomic mass is 79.9. The first-order chi connectivity index (χ1) is 12.8. The van der Waals surface area contributed by atoms with Gasteiger partial charge in [0, 0.05) is 54.5 Å². The molecule has 6 heteroatoms. The zero-order chi connectivity index (χ0) is 21.3. The molecule has 0 spiro atoms. The van der Waals surface area contributed by atoms with Crippen LogP contribution < -0.4 is 0 Å². The van der Waals surface area contributed by atoms with Crippen molar-refractivity contribution in [3.05, 3.63) is 45.8 Å². The van der Waals surface area contributed by atoms with Gasteiger partial charge in [0.1, 0.15) is 0 Å². The fourth-order valence-corrected chi connectivity index (χ4v) is 4.37. The molecule has 1 atom stereocenters. The van der Waals surface area contributed by atoms with E-state index in [9.17, 15) is 4.39 Å². The van der Waals surface area contributed by atoms with Gasteiger partial charge < -0.3 is 13.8 Å². The van der Waals surface area contributed by atoms with Crippen LogP contribution in [0.4, 0.5) is 4.39 Å². The number of hydrogen-bond donors (Lipinski definition) is 0. The van der Waals surface area contributed by atoms with E-state index in [0.29, 0.717) is 13.2 Å². The van der Waals surface area contributed by atoms with Gasteiger partial charge in [-0.3, -0.25) is 4.39 Å². The summed E-state index contributed by atoms with van der Waals surface area (Å²) in [4.78, 5) is 3.80. The third-order valence-electron chi connectivity index (χ3n) is 5.94. The molecule has 0 radical (unpaired) electrons. The quantitative estimate of drug-likeness (QED) is 0.312. The molecular formula is C22H32BrFN2OSi. The summed E-state index contributed by atoms with van der Waals surface area (Å²) in [6, 6.07) is 6.07. The van der Waals surface area contributed by atoms with Crippen molar-refractivity contribution in [1.82, 2.24) is 4.57 Å². The molecular weight excluding hydrogens is 435 g/mol. The maximum absolute atomic E-state index is 13.9. The molecule has 154 valence electrons. The molecule has 2 aromatic rings. The highest BCUT2D eigenvalue weighted by Crippen LogP contribution is 2.37. The Morgan fingerprint density at radius 1 is 1.25 bits per heavy atom. The largest absolute Gasteiger partial charge is 0.416 e. The van der Waals surface area contributed by atoms with E-state index in [1.165, 1.54) is 0 Å². The second kappa shape index (κ2) is 8.29. The van der Waals surface area contributed by atoms with Crippen LogP contribution in [0.5, 0.6) is 0 Å². The number of benzene rings is 1. The zero-order valence-electron chi connectivity index (χ0n) is 18.1. The monoisotopic (exact) mass is 466 g/mol. The number of alkyl halides is 1. The highest BCUT2D eigenvalue weighted by molar-refractivity contribution is 9.10. The lowest BCUT2D eigenvalue weighted by molar-refractivity contribution is 0.186. The van der Waals surface area contributed by atoms with Crippen LogP contribution in [-0.2, 0) is 16.5 Å². The van der Waals surface area contributed by atoms with Gasteiger partial charge in [0.2, 0.25) is 0 Å². The smallest absolute Gasteiger partial charge is 0.254 e. The maximum Gasteiger partial charge on any atom is 0.254 e. The summed E-state index contributed by atoms with van der Waals surface area (Å²) >= 11 is 3.54. The third kappa shape index (κ3) is 4.87. The van der Waals surface area contributed by atoms with Crippen LogP contribution in [0.15, 0.2) is 28.9 Å². The van der Waals surface area contributed by atoms with Gasteiger partial charge in [-0.25, -0.2) is 6.57 Å². The van der Waals surface area contributed by atoms with Gasteiger partial charge in [0.15, 0.2) is 8.32 Å². The fraction of sp³-hybridized carbons (Fsp3) is 0.591. The van der Waals surface area contributed by atoms with Gasteiger partial charge in [-0.2, -0.15) is 0 Å². The van der Waals surface area contributed by atoms with Crippen LogP contribution in [0, 0.1) is 12.5 Å². The summed E-state index contributed by atoms with van der Waals surface area (Å²) < 4.78 is 23.2. The molecule has 0 aliphatic heterocycles. The molecule has 0 fully saturated rings. The SMILES string of the molecule is [C-]#[N+]C(C)(C)c1cn(CC(CF)CO[Si](C)(C)C(C)(C)C)c2cc(Br)ccc12. The molecule has 0 aliphatic carbocycles. The lowest BCUT2D eigenvalue weighted by Gasteiger charge is -2.37.